The molecule has 0 aromatic carbocycles. The molecule has 0 saturated carbocycles. The number of hydrogen-bond donors (Lipinski definition) is 2. The highest BCUT2D eigenvalue weighted by Crippen LogP contribution is 2.32. The minimum absolute atomic E-state index is 0.0828. The topological polar surface area (TPSA) is 97.5 Å². The van der Waals surface area contributed by atoms with E-state index in [4.69, 9.17) is 9.84 Å². The Labute approximate surface area is 108 Å². The molecule has 1 fully saturated rings. The lowest BCUT2D eigenvalue weighted by atomic mass is 10.0. The molecule has 18 heavy (non-hydrogen) atoms. The van der Waals surface area contributed by atoms with Gasteiger partial charge in [0.05, 0.1) is 17.9 Å². The van der Waals surface area contributed by atoms with Gasteiger partial charge in [-0.2, -0.15) is 0 Å². The molecule has 0 amide bonds. The number of aliphatic hydroxyl groups is 1. The molecule has 0 spiro atoms. The predicted molar refractivity (Wildman–Crippen MR) is 63.4 cm³/mol. The first-order chi connectivity index (χ1) is 8.57. The Bertz CT molecular complexity index is 442. The van der Waals surface area contributed by atoms with Crippen LogP contribution < -0.4 is 0 Å². The van der Waals surface area contributed by atoms with Gasteiger partial charge in [-0.1, -0.05) is 11.8 Å². The number of carboxylic acid groups (broad SMARTS) is 1. The van der Waals surface area contributed by atoms with Crippen molar-refractivity contribution in [1.82, 2.24) is 14.8 Å². The average Bonchev–Trinajstić information content (AvgIpc) is 2.92. The Morgan fingerprint density at radius 3 is 2.94 bits per heavy atom. The van der Waals surface area contributed by atoms with Crippen LogP contribution in [0.15, 0.2) is 5.16 Å². The van der Waals surface area contributed by atoms with Gasteiger partial charge in [0.25, 0.3) is 0 Å². The van der Waals surface area contributed by atoms with E-state index < -0.39 is 5.97 Å². The van der Waals surface area contributed by atoms with Gasteiger partial charge in [0.15, 0.2) is 11.0 Å². The number of aliphatic carboxylic acids is 1. The Hall–Kier alpha value is -1.12. The lowest BCUT2D eigenvalue weighted by Gasteiger charge is -2.26. The number of aliphatic hydroxyl groups excluding tert-OH is 1. The summed E-state index contributed by atoms with van der Waals surface area (Å²) in [5, 5.41) is 26.4. The van der Waals surface area contributed by atoms with Crippen molar-refractivity contribution in [2.45, 2.75) is 30.6 Å². The predicted octanol–water partition coefficient (Wildman–Crippen LogP) is 0.0826. The fraction of sp³-hybridized carbons (Fsp3) is 0.700. The standard InChI is InChI=1S/C10H15N3O4S/c1-10(2-3-17-6-10)13-7(4-14)11-12-9(13)18-5-8(15)16/h14H,2-6H2,1H3,(H,15,16). The summed E-state index contributed by atoms with van der Waals surface area (Å²) < 4.78 is 7.18. The van der Waals surface area contributed by atoms with Crippen molar-refractivity contribution < 1.29 is 19.7 Å². The molecule has 8 heteroatoms. The van der Waals surface area contributed by atoms with Crippen molar-refractivity contribution in [3.8, 4) is 0 Å². The molecule has 7 nitrogen and oxygen atoms in total. The minimum Gasteiger partial charge on any atom is -0.481 e. The third-order valence-electron chi connectivity index (χ3n) is 2.90. The molecular weight excluding hydrogens is 258 g/mol. The maximum Gasteiger partial charge on any atom is 0.313 e. The summed E-state index contributed by atoms with van der Waals surface area (Å²) in [5.41, 5.74) is -0.317. The number of nitrogens with zero attached hydrogens (tertiary/aromatic N) is 3. The molecule has 1 aliphatic heterocycles. The first-order valence-electron chi connectivity index (χ1n) is 5.55. The zero-order valence-corrected chi connectivity index (χ0v) is 10.8. The summed E-state index contributed by atoms with van der Waals surface area (Å²) in [6.07, 6.45) is 0.790. The van der Waals surface area contributed by atoms with Gasteiger partial charge in [-0.3, -0.25) is 9.36 Å². The SMILES string of the molecule is CC1(n2c(CO)nnc2SCC(=O)O)CCOC1. The lowest BCUT2D eigenvalue weighted by Crippen LogP contribution is -2.32. The fourth-order valence-electron chi connectivity index (χ4n) is 2.00. The van der Waals surface area contributed by atoms with Gasteiger partial charge >= 0.3 is 5.97 Å². The van der Waals surface area contributed by atoms with Gasteiger partial charge in [0.2, 0.25) is 0 Å². The largest absolute Gasteiger partial charge is 0.481 e. The molecule has 2 N–H and O–H groups in total. The molecule has 0 aliphatic carbocycles. The van der Waals surface area contributed by atoms with E-state index in [1.54, 1.807) is 4.57 Å². The number of aromatic nitrogens is 3. The van der Waals surface area contributed by atoms with E-state index in [2.05, 4.69) is 10.2 Å². The molecule has 1 atom stereocenters. The highest BCUT2D eigenvalue weighted by Gasteiger charge is 2.36. The van der Waals surface area contributed by atoms with Crippen molar-refractivity contribution in [3.63, 3.8) is 0 Å². The van der Waals surface area contributed by atoms with Crippen molar-refractivity contribution in [1.29, 1.82) is 0 Å². The Morgan fingerprint density at radius 1 is 1.61 bits per heavy atom. The third kappa shape index (κ3) is 2.50. The molecule has 1 unspecified atom stereocenters. The van der Waals surface area contributed by atoms with Gasteiger partial charge in [-0.15, -0.1) is 10.2 Å². The van der Waals surface area contributed by atoms with Gasteiger partial charge in [0.1, 0.15) is 6.61 Å². The first kappa shape index (κ1) is 13.3. The second kappa shape index (κ2) is 5.25. The molecule has 1 aromatic heterocycles. The molecular formula is C10H15N3O4S. The van der Waals surface area contributed by atoms with Gasteiger partial charge < -0.3 is 14.9 Å². The number of rotatable bonds is 5. The van der Waals surface area contributed by atoms with E-state index in [1.165, 1.54) is 0 Å². The number of ether oxygens (including phenoxy) is 1. The van der Waals surface area contributed by atoms with Crippen LogP contribution in [0.1, 0.15) is 19.2 Å². The average molecular weight is 273 g/mol. The second-order valence-electron chi connectivity index (χ2n) is 4.37. The van der Waals surface area contributed by atoms with E-state index in [9.17, 15) is 9.90 Å². The highest BCUT2D eigenvalue weighted by molar-refractivity contribution is 7.99. The van der Waals surface area contributed by atoms with Crippen LogP contribution in [-0.4, -0.2) is 49.9 Å². The number of thioether (sulfide) groups is 1. The van der Waals surface area contributed by atoms with Crippen LogP contribution in [0, 0.1) is 0 Å². The second-order valence-corrected chi connectivity index (χ2v) is 5.32. The van der Waals surface area contributed by atoms with E-state index in [0.717, 1.165) is 18.2 Å². The van der Waals surface area contributed by atoms with E-state index in [0.29, 0.717) is 24.2 Å². The van der Waals surface area contributed by atoms with Crippen molar-refractivity contribution in [3.05, 3.63) is 5.82 Å². The molecule has 2 heterocycles. The number of hydrogen-bond acceptors (Lipinski definition) is 6. The Kier molecular flexibility index (Phi) is 3.88. The van der Waals surface area contributed by atoms with E-state index in [1.807, 2.05) is 6.92 Å². The Morgan fingerprint density at radius 2 is 2.39 bits per heavy atom. The summed E-state index contributed by atoms with van der Waals surface area (Å²) in [6, 6.07) is 0. The molecule has 0 radical (unpaired) electrons. The summed E-state index contributed by atoms with van der Waals surface area (Å²) in [7, 11) is 0. The van der Waals surface area contributed by atoms with Gasteiger partial charge in [-0.05, 0) is 13.3 Å². The van der Waals surface area contributed by atoms with Crippen LogP contribution >= 0.6 is 11.8 Å². The maximum absolute atomic E-state index is 10.6. The maximum atomic E-state index is 10.6. The molecule has 1 aliphatic rings. The summed E-state index contributed by atoms with van der Waals surface area (Å²) in [6.45, 7) is 2.92. The summed E-state index contributed by atoms with van der Waals surface area (Å²) in [4.78, 5) is 10.6. The normalized spacial score (nSPS) is 23.4. The zero-order chi connectivity index (χ0) is 13.2. The number of carboxylic acids is 1. The van der Waals surface area contributed by atoms with Crippen LogP contribution in [0.5, 0.6) is 0 Å². The van der Waals surface area contributed by atoms with Crippen molar-refractivity contribution >= 4 is 17.7 Å². The molecule has 0 bridgehead atoms. The third-order valence-corrected chi connectivity index (χ3v) is 3.82. The smallest absolute Gasteiger partial charge is 0.313 e. The highest BCUT2D eigenvalue weighted by atomic mass is 32.2. The molecule has 2 rings (SSSR count). The van der Waals surface area contributed by atoms with Crippen LogP contribution in [0.2, 0.25) is 0 Å². The van der Waals surface area contributed by atoms with Crippen LogP contribution in [0.25, 0.3) is 0 Å². The van der Waals surface area contributed by atoms with Gasteiger partial charge in [-0.25, -0.2) is 0 Å². The first-order valence-corrected chi connectivity index (χ1v) is 6.53. The Balaban J connectivity index is 2.30. The minimum atomic E-state index is -0.909. The number of carbonyl (C=O) groups is 1. The van der Waals surface area contributed by atoms with E-state index in [-0.39, 0.29) is 17.9 Å². The summed E-state index contributed by atoms with van der Waals surface area (Å²) >= 11 is 1.10. The van der Waals surface area contributed by atoms with Crippen LogP contribution in [-0.2, 0) is 21.7 Å². The molecule has 100 valence electrons. The quantitative estimate of drug-likeness (QED) is 0.733. The monoisotopic (exact) mass is 273 g/mol. The molecule has 1 aromatic rings. The summed E-state index contributed by atoms with van der Waals surface area (Å²) in [5.74, 6) is -0.552. The van der Waals surface area contributed by atoms with Crippen LogP contribution in [0.3, 0.4) is 0 Å². The van der Waals surface area contributed by atoms with Crippen LogP contribution in [0.4, 0.5) is 0 Å². The molecule has 1 saturated heterocycles. The van der Waals surface area contributed by atoms with E-state index >= 15 is 0 Å². The zero-order valence-electron chi connectivity index (χ0n) is 10.00. The lowest BCUT2D eigenvalue weighted by molar-refractivity contribution is -0.133. The van der Waals surface area contributed by atoms with Crippen molar-refractivity contribution in [2.24, 2.45) is 0 Å². The van der Waals surface area contributed by atoms with Gasteiger partial charge in [0, 0.05) is 6.61 Å². The van der Waals surface area contributed by atoms with Crippen molar-refractivity contribution in [2.75, 3.05) is 19.0 Å². The fourth-order valence-corrected chi connectivity index (χ4v) is 2.80.